The van der Waals surface area contributed by atoms with Crippen LogP contribution >= 0.6 is 0 Å². The molecule has 2 atom stereocenters. The van der Waals surface area contributed by atoms with Gasteiger partial charge in [-0.3, -0.25) is 9.59 Å². The molecule has 2 saturated carbocycles. The Labute approximate surface area is 183 Å². The second-order valence-electron chi connectivity index (χ2n) is 10.1. The summed E-state index contributed by atoms with van der Waals surface area (Å²) < 4.78 is 26.7. The van der Waals surface area contributed by atoms with Crippen molar-refractivity contribution in [2.24, 2.45) is 11.3 Å². The summed E-state index contributed by atoms with van der Waals surface area (Å²) in [6.45, 7) is 4.46. The third-order valence-corrected chi connectivity index (χ3v) is 10.2. The number of amides is 1. The van der Waals surface area contributed by atoms with E-state index in [4.69, 9.17) is 4.98 Å². The van der Waals surface area contributed by atoms with E-state index in [1.165, 1.54) is 10.7 Å². The minimum atomic E-state index is -3.41. The first-order valence-corrected chi connectivity index (χ1v) is 13.1. The Morgan fingerprint density at radius 3 is 2.61 bits per heavy atom. The first-order chi connectivity index (χ1) is 14.7. The first kappa shape index (κ1) is 21.1. The van der Waals surface area contributed by atoms with Crippen LogP contribution in [0.2, 0.25) is 0 Å². The van der Waals surface area contributed by atoms with Crippen LogP contribution in [0.25, 0.3) is 0 Å². The highest BCUT2D eigenvalue weighted by molar-refractivity contribution is 7.89. The molecule has 0 aromatic carbocycles. The van der Waals surface area contributed by atoms with Gasteiger partial charge in [-0.1, -0.05) is 6.42 Å². The normalized spacial score (nSPS) is 27.8. The van der Waals surface area contributed by atoms with Gasteiger partial charge >= 0.3 is 0 Å². The summed E-state index contributed by atoms with van der Waals surface area (Å²) in [5, 5.41) is -0.514. The van der Waals surface area contributed by atoms with E-state index in [1.807, 2.05) is 4.90 Å². The number of aromatic amines is 1. The molecule has 1 aromatic rings. The Kier molecular flexibility index (Phi) is 5.04. The molecule has 4 aliphatic rings. The number of aromatic nitrogens is 2. The van der Waals surface area contributed by atoms with E-state index in [9.17, 15) is 18.0 Å². The molecule has 170 valence electrons. The summed E-state index contributed by atoms with van der Waals surface area (Å²) in [6.07, 6.45) is 7.65. The lowest BCUT2D eigenvalue weighted by atomic mass is 9.79. The molecule has 3 heterocycles. The van der Waals surface area contributed by atoms with Crippen molar-refractivity contribution >= 4 is 15.9 Å². The lowest BCUT2D eigenvalue weighted by Gasteiger charge is -2.37. The zero-order valence-electron chi connectivity index (χ0n) is 18.4. The largest absolute Gasteiger partial charge is 0.332 e. The smallest absolute Gasteiger partial charge is 0.254 e. The van der Waals surface area contributed by atoms with Gasteiger partial charge in [0.05, 0.1) is 23.5 Å². The van der Waals surface area contributed by atoms with Crippen molar-refractivity contribution in [1.82, 2.24) is 19.2 Å². The molecule has 1 N–H and O–H groups in total. The lowest BCUT2D eigenvalue weighted by Crippen LogP contribution is -2.44. The topological polar surface area (TPSA) is 103 Å². The van der Waals surface area contributed by atoms with Crippen LogP contribution in [-0.4, -0.2) is 51.8 Å². The Morgan fingerprint density at radius 2 is 1.97 bits per heavy atom. The van der Waals surface area contributed by atoms with Gasteiger partial charge in [0.1, 0.15) is 5.82 Å². The number of sulfonamides is 1. The number of nitrogens with zero attached hydrogens (tertiary/aromatic N) is 3. The maximum Gasteiger partial charge on any atom is 0.254 e. The molecule has 2 aliphatic carbocycles. The van der Waals surface area contributed by atoms with E-state index in [0.29, 0.717) is 36.6 Å². The minimum Gasteiger partial charge on any atom is -0.332 e. The Balaban J connectivity index is 1.43. The summed E-state index contributed by atoms with van der Waals surface area (Å²) in [4.78, 5) is 35.8. The van der Waals surface area contributed by atoms with Crippen LogP contribution in [0, 0.1) is 11.3 Å². The SMILES string of the molecule is CC(C)S(=O)(=O)N1CCc2c(nc([C@H]3CCCCN3C(=O)[C@H]3CC34CCC4)[nH]c2=O)C1. The number of hydrogen-bond donors (Lipinski definition) is 1. The van der Waals surface area contributed by atoms with Crippen LogP contribution in [-0.2, 0) is 27.8 Å². The predicted molar refractivity (Wildman–Crippen MR) is 116 cm³/mol. The van der Waals surface area contributed by atoms with Crippen LogP contribution in [0.15, 0.2) is 4.79 Å². The highest BCUT2D eigenvalue weighted by atomic mass is 32.2. The number of fused-ring (bicyclic) bond motifs is 1. The molecule has 1 aromatic heterocycles. The molecule has 3 fully saturated rings. The molecule has 0 unspecified atom stereocenters. The monoisotopic (exact) mass is 448 g/mol. The van der Waals surface area contributed by atoms with Gasteiger partial charge in [-0.2, -0.15) is 4.31 Å². The number of H-pyrrole nitrogens is 1. The highest BCUT2D eigenvalue weighted by Crippen LogP contribution is 2.66. The van der Waals surface area contributed by atoms with Crippen molar-refractivity contribution in [2.45, 2.75) is 83.1 Å². The molecule has 1 spiro atoms. The van der Waals surface area contributed by atoms with Gasteiger partial charge < -0.3 is 9.88 Å². The van der Waals surface area contributed by atoms with Gasteiger partial charge in [-0.25, -0.2) is 13.4 Å². The van der Waals surface area contributed by atoms with Crippen molar-refractivity contribution in [3.63, 3.8) is 0 Å². The molecule has 8 nitrogen and oxygen atoms in total. The van der Waals surface area contributed by atoms with E-state index in [2.05, 4.69) is 4.98 Å². The number of hydrogen-bond acceptors (Lipinski definition) is 5. The van der Waals surface area contributed by atoms with Crippen LogP contribution < -0.4 is 5.56 Å². The molecular weight excluding hydrogens is 416 g/mol. The maximum absolute atomic E-state index is 13.3. The summed E-state index contributed by atoms with van der Waals surface area (Å²) in [5.41, 5.74) is 1.18. The summed E-state index contributed by atoms with van der Waals surface area (Å²) in [5.74, 6) is 0.871. The van der Waals surface area contributed by atoms with Crippen molar-refractivity contribution < 1.29 is 13.2 Å². The number of carbonyl (C=O) groups excluding carboxylic acids is 1. The van der Waals surface area contributed by atoms with Crippen molar-refractivity contribution in [3.8, 4) is 0 Å². The quantitative estimate of drug-likeness (QED) is 0.760. The Bertz CT molecular complexity index is 1060. The molecule has 1 amide bonds. The Hall–Kier alpha value is -1.74. The van der Waals surface area contributed by atoms with Gasteiger partial charge in [0.2, 0.25) is 15.9 Å². The zero-order valence-corrected chi connectivity index (χ0v) is 19.2. The third-order valence-electron chi connectivity index (χ3n) is 7.95. The number of nitrogens with one attached hydrogen (secondary N) is 1. The third kappa shape index (κ3) is 3.44. The van der Waals surface area contributed by atoms with Crippen LogP contribution in [0.5, 0.6) is 0 Å². The van der Waals surface area contributed by atoms with Crippen LogP contribution in [0.4, 0.5) is 0 Å². The number of likely N-dealkylation sites (tertiary alicyclic amines) is 1. The molecule has 2 aliphatic heterocycles. The standard InChI is InChI=1S/C22H32N4O4S/c1-14(2)31(29,30)25-11-7-15-17(13-25)23-19(24-20(15)27)18-6-3-4-10-26(18)21(28)16-12-22(16)8-5-9-22/h14,16,18H,3-13H2,1-2H3,(H,23,24,27)/t16-,18-/m1/s1. The fourth-order valence-electron chi connectivity index (χ4n) is 5.67. The van der Waals surface area contributed by atoms with Crippen molar-refractivity contribution in [2.75, 3.05) is 13.1 Å². The van der Waals surface area contributed by atoms with Gasteiger partial charge in [0, 0.05) is 24.6 Å². The average molecular weight is 449 g/mol. The number of rotatable bonds is 4. The summed E-state index contributed by atoms with van der Waals surface area (Å²) >= 11 is 0. The van der Waals surface area contributed by atoms with Crippen LogP contribution in [0.3, 0.4) is 0 Å². The zero-order chi connectivity index (χ0) is 22.0. The summed E-state index contributed by atoms with van der Waals surface area (Å²) in [7, 11) is -3.41. The molecular formula is C22H32N4O4S. The molecule has 0 bridgehead atoms. The molecule has 9 heteroatoms. The molecule has 1 saturated heterocycles. The van der Waals surface area contributed by atoms with E-state index < -0.39 is 15.3 Å². The van der Waals surface area contributed by atoms with E-state index in [0.717, 1.165) is 38.5 Å². The number of piperidine rings is 1. The summed E-state index contributed by atoms with van der Waals surface area (Å²) in [6, 6.07) is -0.228. The van der Waals surface area contributed by atoms with Gasteiger partial charge in [0.15, 0.2) is 0 Å². The van der Waals surface area contributed by atoms with E-state index >= 15 is 0 Å². The fraction of sp³-hybridized carbons (Fsp3) is 0.773. The number of carbonyl (C=O) groups is 1. The molecule has 0 radical (unpaired) electrons. The van der Waals surface area contributed by atoms with E-state index in [-0.39, 0.29) is 35.4 Å². The highest BCUT2D eigenvalue weighted by Gasteiger charge is 2.62. The van der Waals surface area contributed by atoms with Crippen molar-refractivity contribution in [1.29, 1.82) is 0 Å². The first-order valence-electron chi connectivity index (χ1n) is 11.6. The average Bonchev–Trinajstić information content (AvgIpc) is 3.49. The van der Waals surface area contributed by atoms with Crippen LogP contribution in [0.1, 0.15) is 81.9 Å². The van der Waals surface area contributed by atoms with Crippen molar-refractivity contribution in [3.05, 3.63) is 27.4 Å². The maximum atomic E-state index is 13.3. The van der Waals surface area contributed by atoms with Gasteiger partial charge in [0.25, 0.3) is 5.56 Å². The van der Waals surface area contributed by atoms with Gasteiger partial charge in [-0.05, 0) is 64.2 Å². The molecule has 31 heavy (non-hydrogen) atoms. The fourth-order valence-corrected chi connectivity index (χ4v) is 6.91. The second kappa shape index (κ2) is 7.40. The van der Waals surface area contributed by atoms with Gasteiger partial charge in [-0.15, -0.1) is 0 Å². The van der Waals surface area contributed by atoms with E-state index in [1.54, 1.807) is 13.8 Å². The Morgan fingerprint density at radius 1 is 1.19 bits per heavy atom. The minimum absolute atomic E-state index is 0.124. The lowest BCUT2D eigenvalue weighted by molar-refractivity contribution is -0.138. The second-order valence-corrected chi connectivity index (χ2v) is 12.6. The predicted octanol–water partition coefficient (Wildman–Crippen LogP) is 2.11. The molecule has 5 rings (SSSR count).